The van der Waals surface area contributed by atoms with Crippen LogP contribution in [0.4, 0.5) is 0 Å². The minimum atomic E-state index is -1.27. The third-order valence-corrected chi connectivity index (χ3v) is 9.77. The molecule has 6 atom stereocenters. The molecule has 0 heterocycles. The minimum absolute atomic E-state index is 0.0101. The Morgan fingerprint density at radius 1 is 0.594 bits per heavy atom. The van der Waals surface area contributed by atoms with E-state index < -0.39 is 103 Å². The smallest absolute Gasteiger partial charge is 0.322 e. The van der Waals surface area contributed by atoms with Gasteiger partial charge in [-0.3, -0.25) is 43.2 Å². The van der Waals surface area contributed by atoms with E-state index in [9.17, 15) is 48.3 Å². The van der Waals surface area contributed by atoms with Gasteiger partial charge in [0.1, 0.15) is 42.5 Å². The zero-order chi connectivity index (χ0) is 47.9. The van der Waals surface area contributed by atoms with Crippen LogP contribution < -0.4 is 48.3 Å². The van der Waals surface area contributed by atoms with Crippen molar-refractivity contribution in [2.45, 2.75) is 116 Å². The fourth-order valence-corrected chi connectivity index (χ4v) is 6.30. The van der Waals surface area contributed by atoms with E-state index in [1.165, 1.54) is 26.0 Å². The van der Waals surface area contributed by atoms with Gasteiger partial charge in [0.2, 0.25) is 47.3 Å². The number of benzene rings is 2. The molecular formula is C44H65N9O11. The molecule has 0 spiro atoms. The van der Waals surface area contributed by atoms with Gasteiger partial charge in [0.25, 0.3) is 0 Å². The third kappa shape index (κ3) is 20.5. The van der Waals surface area contributed by atoms with Crippen molar-refractivity contribution >= 4 is 53.2 Å². The molecule has 2 aromatic rings. The molecule has 0 unspecified atom stereocenters. The number of carboxylic acids is 1. The molecule has 20 heteroatoms. The summed E-state index contributed by atoms with van der Waals surface area (Å²) >= 11 is 0. The van der Waals surface area contributed by atoms with Gasteiger partial charge in [-0.1, -0.05) is 70.2 Å². The molecule has 0 aliphatic carbocycles. The van der Waals surface area contributed by atoms with Crippen molar-refractivity contribution in [2.75, 3.05) is 19.6 Å². The number of phenolic OH excluding ortho intramolecular Hbond substituents is 1. The standard InChI is InChI=1S/C44H65N9O11/c1-25(2)20-34(43(63)53-38(26(3)4)44(64)48-24-37(57)58)52-42(62)35(22-29-12-8-7-9-13-29)50-36(56)23-47-41(61)33(14-10-11-19-46-28(6)54)51-39(59)27(5)49-40(60)32(45)21-30-15-17-31(55)18-16-30/h7-9,12-13,15-18,25-27,32-35,38,55H,10-11,14,19-24,45H2,1-6H3,(H,46,54)(H,47,61)(H,48,64)(H,49,60)(H,50,56)(H,51,59)(H,52,62)(H,53,63)(H,57,58)/t27-,32-,33-,34-,35-,38-/m0/s1. The summed E-state index contributed by atoms with van der Waals surface area (Å²) in [6.45, 7) is 8.79. The first-order chi connectivity index (χ1) is 30.2. The second kappa shape index (κ2) is 27.5. The quantitative estimate of drug-likeness (QED) is 0.0495. The Labute approximate surface area is 373 Å². The first kappa shape index (κ1) is 53.6. The molecule has 0 aliphatic rings. The topological polar surface area (TPSA) is 316 Å². The summed E-state index contributed by atoms with van der Waals surface area (Å²) < 4.78 is 0. The summed E-state index contributed by atoms with van der Waals surface area (Å²) in [6, 6.07) is 8.01. The average Bonchev–Trinajstić information content (AvgIpc) is 3.23. The number of phenols is 1. The van der Waals surface area contributed by atoms with Crippen molar-refractivity contribution in [1.82, 2.24) is 42.5 Å². The Hall–Kier alpha value is -6.57. The van der Waals surface area contributed by atoms with Gasteiger partial charge in [0, 0.05) is 19.9 Å². The van der Waals surface area contributed by atoms with Crippen molar-refractivity contribution in [3.05, 3.63) is 65.7 Å². The van der Waals surface area contributed by atoms with Crippen molar-refractivity contribution < 1.29 is 53.4 Å². The maximum Gasteiger partial charge on any atom is 0.322 e. The van der Waals surface area contributed by atoms with Crippen LogP contribution in [0, 0.1) is 11.8 Å². The summed E-state index contributed by atoms with van der Waals surface area (Å²) in [5.41, 5.74) is 7.41. The highest BCUT2D eigenvalue weighted by Gasteiger charge is 2.32. The van der Waals surface area contributed by atoms with Crippen LogP contribution in [0.25, 0.3) is 0 Å². The average molecular weight is 896 g/mol. The lowest BCUT2D eigenvalue weighted by Crippen LogP contribution is -2.59. The number of nitrogens with two attached hydrogens (primary N) is 1. The van der Waals surface area contributed by atoms with Crippen molar-refractivity contribution in [2.24, 2.45) is 17.6 Å². The van der Waals surface area contributed by atoms with Crippen molar-refractivity contribution in [1.29, 1.82) is 0 Å². The maximum atomic E-state index is 13.9. The monoisotopic (exact) mass is 895 g/mol. The highest BCUT2D eigenvalue weighted by atomic mass is 16.4. The van der Waals surface area contributed by atoms with E-state index in [0.29, 0.717) is 30.5 Å². The highest BCUT2D eigenvalue weighted by molar-refractivity contribution is 5.96. The van der Waals surface area contributed by atoms with Gasteiger partial charge >= 0.3 is 5.97 Å². The molecule has 20 nitrogen and oxygen atoms in total. The molecule has 2 aromatic carbocycles. The normalized spacial score (nSPS) is 13.8. The van der Waals surface area contributed by atoms with Crippen LogP contribution in [-0.2, 0) is 56.0 Å². The third-order valence-electron chi connectivity index (χ3n) is 9.77. The second-order valence-corrected chi connectivity index (χ2v) is 16.3. The van der Waals surface area contributed by atoms with E-state index in [0.717, 1.165) is 0 Å². The van der Waals surface area contributed by atoms with Crippen LogP contribution in [0.1, 0.15) is 78.4 Å². The molecule has 0 radical (unpaired) electrons. The number of rotatable bonds is 27. The zero-order valence-electron chi connectivity index (χ0n) is 37.3. The fourth-order valence-electron chi connectivity index (χ4n) is 6.30. The van der Waals surface area contributed by atoms with E-state index in [1.807, 2.05) is 13.8 Å². The Kier molecular flexibility index (Phi) is 23.0. The van der Waals surface area contributed by atoms with Crippen LogP contribution in [-0.4, -0.2) is 119 Å². The Bertz CT molecular complexity index is 1890. The molecule has 0 saturated carbocycles. The molecule has 2 rings (SSSR count). The van der Waals surface area contributed by atoms with Crippen LogP contribution in [0.5, 0.6) is 5.75 Å². The molecule has 64 heavy (non-hydrogen) atoms. The molecule has 12 N–H and O–H groups in total. The first-order valence-corrected chi connectivity index (χ1v) is 21.3. The number of carbonyl (C=O) groups excluding carboxylic acids is 8. The van der Waals surface area contributed by atoms with Gasteiger partial charge < -0.3 is 58.5 Å². The Morgan fingerprint density at radius 2 is 1.19 bits per heavy atom. The molecule has 0 saturated heterocycles. The number of hydrogen-bond donors (Lipinski definition) is 11. The number of hydrogen-bond acceptors (Lipinski definition) is 11. The number of carbonyl (C=O) groups is 9. The summed E-state index contributed by atoms with van der Waals surface area (Å²) in [5, 5.41) is 39.0. The number of nitrogens with one attached hydrogen (secondary N) is 8. The van der Waals surface area contributed by atoms with Gasteiger partial charge in [0.15, 0.2) is 0 Å². The lowest BCUT2D eigenvalue weighted by atomic mass is 9.99. The lowest BCUT2D eigenvalue weighted by molar-refractivity contribution is -0.139. The molecule has 352 valence electrons. The van der Waals surface area contributed by atoms with Gasteiger partial charge in [0.05, 0.1) is 12.6 Å². The van der Waals surface area contributed by atoms with Crippen LogP contribution in [0.2, 0.25) is 0 Å². The first-order valence-electron chi connectivity index (χ1n) is 21.3. The molecular weight excluding hydrogens is 831 g/mol. The Balaban J connectivity index is 2.20. The fraction of sp³-hybridized carbons (Fsp3) is 0.523. The molecule has 0 bridgehead atoms. The lowest BCUT2D eigenvalue weighted by Gasteiger charge is -2.27. The van der Waals surface area contributed by atoms with E-state index in [-0.39, 0.29) is 43.3 Å². The summed E-state index contributed by atoms with van der Waals surface area (Å²) in [7, 11) is 0. The summed E-state index contributed by atoms with van der Waals surface area (Å²) in [4.78, 5) is 116. The number of amides is 8. The zero-order valence-corrected chi connectivity index (χ0v) is 37.3. The van der Waals surface area contributed by atoms with Crippen molar-refractivity contribution in [3.63, 3.8) is 0 Å². The van der Waals surface area contributed by atoms with Gasteiger partial charge in [-0.05, 0) is 74.1 Å². The number of unbranched alkanes of at least 4 members (excludes halogenated alkanes) is 1. The number of aromatic hydroxyl groups is 1. The van der Waals surface area contributed by atoms with E-state index in [4.69, 9.17) is 10.8 Å². The van der Waals surface area contributed by atoms with Crippen LogP contribution in [0.15, 0.2) is 54.6 Å². The van der Waals surface area contributed by atoms with Crippen LogP contribution >= 0.6 is 0 Å². The number of carboxylic acid groups (broad SMARTS) is 1. The summed E-state index contributed by atoms with van der Waals surface area (Å²) in [5.74, 6) is -7.01. The number of aliphatic carboxylic acids is 1. The highest BCUT2D eigenvalue weighted by Crippen LogP contribution is 2.12. The van der Waals surface area contributed by atoms with Crippen LogP contribution in [0.3, 0.4) is 0 Å². The largest absolute Gasteiger partial charge is 0.508 e. The van der Waals surface area contributed by atoms with E-state index >= 15 is 0 Å². The predicted octanol–water partition coefficient (Wildman–Crippen LogP) is -0.726. The Morgan fingerprint density at radius 3 is 1.78 bits per heavy atom. The molecule has 0 aliphatic heterocycles. The predicted molar refractivity (Wildman–Crippen MR) is 236 cm³/mol. The molecule has 0 aromatic heterocycles. The second-order valence-electron chi connectivity index (χ2n) is 16.3. The van der Waals surface area contributed by atoms with Crippen molar-refractivity contribution in [3.8, 4) is 5.75 Å². The SMILES string of the molecule is CC(=O)NCCCC[C@H](NC(=O)[C@H](C)NC(=O)[C@@H](N)Cc1ccc(O)cc1)C(=O)NCC(=O)N[C@@H](Cc1ccccc1)C(=O)N[C@@H](CC(C)C)C(=O)N[C@H](C(=O)NCC(=O)O)C(C)C. The van der Waals surface area contributed by atoms with Gasteiger partial charge in [-0.15, -0.1) is 0 Å². The minimum Gasteiger partial charge on any atom is -0.508 e. The van der Waals surface area contributed by atoms with E-state index in [1.54, 1.807) is 56.3 Å². The van der Waals surface area contributed by atoms with E-state index in [2.05, 4.69) is 42.5 Å². The van der Waals surface area contributed by atoms with Gasteiger partial charge in [-0.25, -0.2) is 0 Å². The molecule has 0 fully saturated rings. The van der Waals surface area contributed by atoms with Gasteiger partial charge in [-0.2, -0.15) is 0 Å². The maximum absolute atomic E-state index is 13.9. The summed E-state index contributed by atoms with van der Waals surface area (Å²) in [6.07, 6.45) is 1.19. The molecule has 8 amide bonds.